The van der Waals surface area contributed by atoms with Crippen molar-refractivity contribution in [1.82, 2.24) is 4.98 Å². The number of carbonyl (C=O) groups is 1. The van der Waals surface area contributed by atoms with Gasteiger partial charge in [0.1, 0.15) is 5.69 Å². The Balaban J connectivity index is 2.98. The van der Waals surface area contributed by atoms with Crippen molar-refractivity contribution in [2.24, 2.45) is 0 Å². The highest BCUT2D eigenvalue weighted by Crippen LogP contribution is 2.21. The van der Waals surface area contributed by atoms with Crippen LogP contribution >= 0.6 is 0 Å². The molecule has 0 aliphatic rings. The fourth-order valence-corrected chi connectivity index (χ4v) is 1.20. The van der Waals surface area contributed by atoms with Crippen LogP contribution in [0.3, 0.4) is 0 Å². The van der Waals surface area contributed by atoms with E-state index in [9.17, 15) is 4.79 Å². The van der Waals surface area contributed by atoms with Gasteiger partial charge in [-0.15, -0.1) is 0 Å². The van der Waals surface area contributed by atoms with Crippen LogP contribution in [0.2, 0.25) is 0 Å². The average molecular weight is 167 g/mol. The second-order valence-corrected chi connectivity index (χ2v) is 2.92. The van der Waals surface area contributed by atoms with Gasteiger partial charge in [-0.3, -0.25) is 0 Å². The maximum absolute atomic E-state index is 10.7. The van der Waals surface area contributed by atoms with E-state index < -0.39 is 5.97 Å². The minimum Gasteiger partial charge on any atom is -0.477 e. The topological polar surface area (TPSA) is 53.1 Å². The first-order valence-electron chi connectivity index (χ1n) is 4.07. The number of aromatic amines is 1. The summed E-state index contributed by atoms with van der Waals surface area (Å²) in [7, 11) is 0. The summed E-state index contributed by atoms with van der Waals surface area (Å²) in [4.78, 5) is 13.4. The molecule has 1 aromatic heterocycles. The predicted molar refractivity (Wildman–Crippen MR) is 46.5 cm³/mol. The monoisotopic (exact) mass is 167 g/mol. The van der Waals surface area contributed by atoms with Crippen molar-refractivity contribution in [3.05, 3.63) is 23.5 Å². The second-order valence-electron chi connectivity index (χ2n) is 2.92. The molecule has 0 bridgehead atoms. The lowest BCUT2D eigenvalue weighted by molar-refractivity contribution is 0.0689. The van der Waals surface area contributed by atoms with Gasteiger partial charge in [0.05, 0.1) is 0 Å². The molecule has 3 nitrogen and oxygen atoms in total. The summed E-state index contributed by atoms with van der Waals surface area (Å²) in [5, 5.41) is 8.77. The Morgan fingerprint density at radius 3 is 2.92 bits per heavy atom. The van der Waals surface area contributed by atoms with Crippen molar-refractivity contribution in [3.63, 3.8) is 0 Å². The molecule has 12 heavy (non-hydrogen) atoms. The molecule has 1 heterocycles. The normalized spacial score (nSPS) is 12.8. The van der Waals surface area contributed by atoms with Gasteiger partial charge in [0.25, 0.3) is 0 Å². The Morgan fingerprint density at radius 2 is 2.42 bits per heavy atom. The van der Waals surface area contributed by atoms with Crippen molar-refractivity contribution in [3.8, 4) is 0 Å². The molecule has 66 valence electrons. The molecular weight excluding hydrogens is 154 g/mol. The lowest BCUT2D eigenvalue weighted by Gasteiger charge is -2.06. The zero-order valence-corrected chi connectivity index (χ0v) is 7.29. The number of H-pyrrole nitrogens is 1. The molecule has 0 fully saturated rings. The van der Waals surface area contributed by atoms with Crippen LogP contribution in [0.4, 0.5) is 0 Å². The molecule has 0 aliphatic heterocycles. The van der Waals surface area contributed by atoms with E-state index in [4.69, 9.17) is 5.11 Å². The summed E-state index contributed by atoms with van der Waals surface area (Å²) in [6, 6.07) is 1.83. The summed E-state index contributed by atoms with van der Waals surface area (Å²) < 4.78 is 0. The van der Waals surface area contributed by atoms with Crippen molar-refractivity contribution in [2.45, 2.75) is 26.2 Å². The highest BCUT2D eigenvalue weighted by molar-refractivity contribution is 5.87. The fourth-order valence-electron chi connectivity index (χ4n) is 1.20. The Kier molecular flexibility index (Phi) is 2.53. The maximum Gasteiger partial charge on any atom is 0.352 e. The van der Waals surface area contributed by atoms with Gasteiger partial charge in [-0.25, -0.2) is 4.79 Å². The van der Waals surface area contributed by atoms with E-state index in [1.165, 1.54) is 0 Å². The van der Waals surface area contributed by atoms with Crippen LogP contribution in [0.25, 0.3) is 0 Å². The van der Waals surface area contributed by atoms with Crippen molar-refractivity contribution in [1.29, 1.82) is 0 Å². The quantitative estimate of drug-likeness (QED) is 0.725. The lowest BCUT2D eigenvalue weighted by Crippen LogP contribution is -2.03. The lowest BCUT2D eigenvalue weighted by atomic mass is 9.99. The smallest absolute Gasteiger partial charge is 0.352 e. The average Bonchev–Trinajstić information content (AvgIpc) is 2.50. The number of aromatic nitrogens is 1. The fraction of sp³-hybridized carbons (Fsp3) is 0.444. The van der Waals surface area contributed by atoms with Gasteiger partial charge in [0.2, 0.25) is 0 Å². The zero-order valence-electron chi connectivity index (χ0n) is 7.29. The molecule has 0 aliphatic carbocycles. The van der Waals surface area contributed by atoms with Crippen LogP contribution in [0.1, 0.15) is 42.2 Å². The standard InChI is InChI=1S/C9H13NO2/c1-3-6(2)7-4-5-10-8(7)9(11)12/h4-6,10H,3H2,1-2H3,(H,11,12). The van der Waals surface area contributed by atoms with Gasteiger partial charge in [0, 0.05) is 6.20 Å². The van der Waals surface area contributed by atoms with Gasteiger partial charge in [0.15, 0.2) is 0 Å². The first-order chi connectivity index (χ1) is 5.66. The number of carboxylic acid groups (broad SMARTS) is 1. The Bertz CT molecular complexity index is 278. The van der Waals surface area contributed by atoms with Crippen LogP contribution < -0.4 is 0 Å². The third-order valence-electron chi connectivity index (χ3n) is 2.14. The Labute approximate surface area is 71.4 Å². The van der Waals surface area contributed by atoms with Crippen molar-refractivity contribution < 1.29 is 9.90 Å². The summed E-state index contributed by atoms with van der Waals surface area (Å²) in [5.74, 6) is -0.572. The SMILES string of the molecule is CCC(C)c1cc[nH]c1C(=O)O. The minimum atomic E-state index is -0.879. The highest BCUT2D eigenvalue weighted by atomic mass is 16.4. The molecule has 0 aromatic carbocycles. The molecular formula is C9H13NO2. The number of aromatic carboxylic acids is 1. The van der Waals surface area contributed by atoms with Crippen LogP contribution in [0.5, 0.6) is 0 Å². The minimum absolute atomic E-state index is 0.308. The third-order valence-corrected chi connectivity index (χ3v) is 2.14. The van der Waals surface area contributed by atoms with E-state index in [-0.39, 0.29) is 0 Å². The molecule has 1 unspecified atom stereocenters. The van der Waals surface area contributed by atoms with Gasteiger partial charge < -0.3 is 10.1 Å². The van der Waals surface area contributed by atoms with E-state index >= 15 is 0 Å². The predicted octanol–water partition coefficient (Wildman–Crippen LogP) is 2.23. The van der Waals surface area contributed by atoms with E-state index in [1.54, 1.807) is 6.20 Å². The number of nitrogens with one attached hydrogen (secondary N) is 1. The van der Waals surface area contributed by atoms with Crippen molar-refractivity contribution in [2.75, 3.05) is 0 Å². The first kappa shape index (κ1) is 8.84. The van der Waals surface area contributed by atoms with Gasteiger partial charge in [-0.05, 0) is 24.0 Å². The molecule has 3 heteroatoms. The van der Waals surface area contributed by atoms with E-state index in [2.05, 4.69) is 4.98 Å². The van der Waals surface area contributed by atoms with Gasteiger partial charge >= 0.3 is 5.97 Å². The Morgan fingerprint density at radius 1 is 1.75 bits per heavy atom. The van der Waals surface area contributed by atoms with E-state index in [1.807, 2.05) is 19.9 Å². The third kappa shape index (κ3) is 1.49. The van der Waals surface area contributed by atoms with Gasteiger partial charge in [-0.2, -0.15) is 0 Å². The number of carboxylic acids is 1. The van der Waals surface area contributed by atoms with Crippen LogP contribution in [-0.2, 0) is 0 Å². The van der Waals surface area contributed by atoms with Crippen LogP contribution in [0, 0.1) is 0 Å². The second kappa shape index (κ2) is 3.43. The number of rotatable bonds is 3. The molecule has 1 aromatic rings. The molecule has 0 saturated carbocycles. The molecule has 0 radical (unpaired) electrons. The highest BCUT2D eigenvalue weighted by Gasteiger charge is 2.14. The summed E-state index contributed by atoms with van der Waals surface area (Å²) in [6.45, 7) is 4.07. The molecule has 0 amide bonds. The van der Waals surface area contributed by atoms with Gasteiger partial charge in [-0.1, -0.05) is 13.8 Å². The molecule has 1 atom stereocenters. The van der Waals surface area contributed by atoms with E-state index in [0.29, 0.717) is 11.6 Å². The van der Waals surface area contributed by atoms with Crippen LogP contribution in [-0.4, -0.2) is 16.1 Å². The van der Waals surface area contributed by atoms with E-state index in [0.717, 1.165) is 12.0 Å². The first-order valence-corrected chi connectivity index (χ1v) is 4.07. The maximum atomic E-state index is 10.7. The summed E-state index contributed by atoms with van der Waals surface area (Å²) >= 11 is 0. The molecule has 1 rings (SSSR count). The molecule has 0 spiro atoms. The summed E-state index contributed by atoms with van der Waals surface area (Å²) in [5.41, 5.74) is 1.22. The largest absolute Gasteiger partial charge is 0.477 e. The summed E-state index contributed by atoms with van der Waals surface area (Å²) in [6.07, 6.45) is 2.63. The molecule has 0 saturated heterocycles. The number of hydrogen-bond donors (Lipinski definition) is 2. The van der Waals surface area contributed by atoms with Crippen LogP contribution in [0.15, 0.2) is 12.3 Å². The molecule has 2 N–H and O–H groups in total. The Hall–Kier alpha value is -1.25. The number of hydrogen-bond acceptors (Lipinski definition) is 1. The zero-order chi connectivity index (χ0) is 9.14. The van der Waals surface area contributed by atoms with Crippen molar-refractivity contribution >= 4 is 5.97 Å².